The van der Waals surface area contributed by atoms with Crippen LogP contribution in [0.5, 0.6) is 0 Å². The van der Waals surface area contributed by atoms with Gasteiger partial charge >= 0.3 is 5.97 Å². The molecule has 0 aromatic carbocycles. The van der Waals surface area contributed by atoms with Crippen LogP contribution >= 0.6 is 0 Å². The zero-order valence-corrected chi connectivity index (χ0v) is 9.20. The highest BCUT2D eigenvalue weighted by Gasteiger charge is 2.20. The number of aliphatic carboxylic acids is 1. The van der Waals surface area contributed by atoms with Crippen molar-refractivity contribution >= 4 is 5.97 Å². The van der Waals surface area contributed by atoms with Crippen LogP contribution < -0.4 is 5.32 Å². The number of unbranched alkanes of at least 4 members (excludes halogenated alkanes) is 2. The molecule has 0 aliphatic heterocycles. The maximum atomic E-state index is 10.2. The van der Waals surface area contributed by atoms with Crippen molar-refractivity contribution in [1.82, 2.24) is 5.32 Å². The minimum absolute atomic E-state index is 0.112. The lowest BCUT2D eigenvalue weighted by molar-refractivity contribution is -0.137. The van der Waals surface area contributed by atoms with Gasteiger partial charge in [-0.05, 0) is 26.3 Å². The normalized spacial score (nSPS) is 11.7. The molecule has 0 bridgehead atoms. The van der Waals surface area contributed by atoms with Crippen LogP contribution in [-0.2, 0) is 4.79 Å². The summed E-state index contributed by atoms with van der Waals surface area (Å²) in [7, 11) is 0. The van der Waals surface area contributed by atoms with Crippen LogP contribution in [0.15, 0.2) is 0 Å². The van der Waals surface area contributed by atoms with Crippen molar-refractivity contribution in [3.63, 3.8) is 0 Å². The first-order valence-corrected chi connectivity index (χ1v) is 5.22. The van der Waals surface area contributed by atoms with E-state index in [0.29, 0.717) is 13.0 Å². The lowest BCUT2D eigenvalue weighted by atomic mass is 10.1. The Balaban J connectivity index is 3.41. The Morgan fingerprint density at radius 1 is 1.20 bits per heavy atom. The summed E-state index contributed by atoms with van der Waals surface area (Å²) in [5, 5.41) is 29.4. The monoisotopic (exact) mass is 219 g/mol. The molecular formula is C10H21NO4. The Morgan fingerprint density at radius 2 is 1.80 bits per heavy atom. The number of carbonyl (C=O) groups is 1. The van der Waals surface area contributed by atoms with Crippen molar-refractivity contribution < 1.29 is 20.1 Å². The van der Waals surface area contributed by atoms with Crippen molar-refractivity contribution in [1.29, 1.82) is 0 Å². The van der Waals surface area contributed by atoms with Gasteiger partial charge in [-0.2, -0.15) is 0 Å². The average Bonchev–Trinajstić information content (AvgIpc) is 2.22. The van der Waals surface area contributed by atoms with Gasteiger partial charge < -0.3 is 20.6 Å². The standard InChI is InChI=1S/C10H21NO4/c1-10(7-12,8-13)11-6-4-2-3-5-9(14)15/h11-13H,2-8H2,1H3,(H,14,15). The first-order valence-electron chi connectivity index (χ1n) is 5.22. The molecule has 0 amide bonds. The van der Waals surface area contributed by atoms with E-state index in [4.69, 9.17) is 15.3 Å². The summed E-state index contributed by atoms with van der Waals surface area (Å²) in [5.74, 6) is -0.765. The number of hydrogen-bond acceptors (Lipinski definition) is 4. The average molecular weight is 219 g/mol. The lowest BCUT2D eigenvalue weighted by Crippen LogP contribution is -2.49. The summed E-state index contributed by atoms with van der Waals surface area (Å²) in [4.78, 5) is 10.2. The number of hydrogen-bond donors (Lipinski definition) is 4. The van der Waals surface area contributed by atoms with Crippen LogP contribution in [0.2, 0.25) is 0 Å². The summed E-state index contributed by atoms with van der Waals surface area (Å²) < 4.78 is 0. The molecule has 15 heavy (non-hydrogen) atoms. The van der Waals surface area contributed by atoms with Gasteiger partial charge in [0.1, 0.15) is 0 Å². The highest BCUT2D eigenvalue weighted by atomic mass is 16.4. The third-order valence-corrected chi connectivity index (χ3v) is 2.32. The van der Waals surface area contributed by atoms with Crippen LogP contribution in [-0.4, -0.2) is 46.6 Å². The van der Waals surface area contributed by atoms with Crippen molar-refractivity contribution in [2.45, 2.75) is 38.1 Å². The van der Waals surface area contributed by atoms with Crippen molar-refractivity contribution in [3.05, 3.63) is 0 Å². The predicted molar refractivity (Wildman–Crippen MR) is 56.7 cm³/mol. The highest BCUT2D eigenvalue weighted by Crippen LogP contribution is 2.03. The third-order valence-electron chi connectivity index (χ3n) is 2.32. The van der Waals surface area contributed by atoms with Gasteiger partial charge in [0, 0.05) is 6.42 Å². The fraction of sp³-hybridized carbons (Fsp3) is 0.900. The predicted octanol–water partition coefficient (Wildman–Crippen LogP) is -0.0357. The van der Waals surface area contributed by atoms with Gasteiger partial charge in [-0.3, -0.25) is 4.79 Å². The molecule has 90 valence electrons. The topological polar surface area (TPSA) is 89.8 Å². The molecule has 0 radical (unpaired) electrons. The van der Waals surface area contributed by atoms with Crippen LogP contribution in [0.25, 0.3) is 0 Å². The Labute approximate surface area is 90.1 Å². The second-order valence-corrected chi connectivity index (χ2v) is 4.01. The number of carboxylic acids is 1. The Kier molecular flexibility index (Phi) is 7.29. The van der Waals surface area contributed by atoms with Crippen molar-refractivity contribution in [2.24, 2.45) is 0 Å². The van der Waals surface area contributed by atoms with E-state index in [1.165, 1.54) is 0 Å². The number of carboxylic acid groups (broad SMARTS) is 1. The summed E-state index contributed by atoms with van der Waals surface area (Å²) >= 11 is 0. The second-order valence-electron chi connectivity index (χ2n) is 4.01. The number of aliphatic hydroxyl groups is 2. The molecule has 0 saturated heterocycles. The molecule has 0 aromatic heterocycles. The molecule has 0 rings (SSSR count). The molecule has 5 nitrogen and oxygen atoms in total. The minimum Gasteiger partial charge on any atom is -0.481 e. The molecule has 0 aliphatic rings. The zero-order valence-electron chi connectivity index (χ0n) is 9.20. The Hall–Kier alpha value is -0.650. The van der Waals surface area contributed by atoms with E-state index < -0.39 is 11.5 Å². The first kappa shape index (κ1) is 14.3. The number of nitrogens with one attached hydrogen (secondary N) is 1. The summed E-state index contributed by atoms with van der Waals surface area (Å²) in [6, 6.07) is 0. The van der Waals surface area contributed by atoms with E-state index in [1.807, 2.05) is 0 Å². The summed E-state index contributed by atoms with van der Waals surface area (Å²) in [6.07, 6.45) is 2.57. The summed E-state index contributed by atoms with van der Waals surface area (Å²) in [5.41, 5.74) is -0.632. The second kappa shape index (κ2) is 7.62. The fourth-order valence-corrected chi connectivity index (χ4v) is 1.13. The molecule has 0 fully saturated rings. The fourth-order valence-electron chi connectivity index (χ4n) is 1.13. The van der Waals surface area contributed by atoms with Crippen molar-refractivity contribution in [2.75, 3.05) is 19.8 Å². The number of aliphatic hydroxyl groups excluding tert-OH is 2. The van der Waals surface area contributed by atoms with Crippen LogP contribution in [0.4, 0.5) is 0 Å². The van der Waals surface area contributed by atoms with Gasteiger partial charge in [0.15, 0.2) is 0 Å². The highest BCUT2D eigenvalue weighted by molar-refractivity contribution is 5.66. The molecular weight excluding hydrogens is 198 g/mol. The van der Waals surface area contributed by atoms with E-state index >= 15 is 0 Å². The van der Waals surface area contributed by atoms with Crippen LogP contribution in [0.3, 0.4) is 0 Å². The maximum Gasteiger partial charge on any atom is 0.303 e. The molecule has 0 aliphatic carbocycles. The smallest absolute Gasteiger partial charge is 0.303 e. The van der Waals surface area contributed by atoms with Gasteiger partial charge in [0.25, 0.3) is 0 Å². The van der Waals surface area contributed by atoms with E-state index in [0.717, 1.165) is 12.8 Å². The zero-order chi connectivity index (χ0) is 11.7. The van der Waals surface area contributed by atoms with E-state index in [-0.39, 0.29) is 19.6 Å². The first-order chi connectivity index (χ1) is 7.04. The molecule has 0 saturated carbocycles. The van der Waals surface area contributed by atoms with Gasteiger partial charge in [0.2, 0.25) is 0 Å². The van der Waals surface area contributed by atoms with E-state index in [9.17, 15) is 4.79 Å². The van der Waals surface area contributed by atoms with Gasteiger partial charge in [-0.25, -0.2) is 0 Å². The maximum absolute atomic E-state index is 10.2. The van der Waals surface area contributed by atoms with Gasteiger partial charge in [0.05, 0.1) is 18.8 Å². The lowest BCUT2D eigenvalue weighted by Gasteiger charge is -2.26. The quantitative estimate of drug-likeness (QED) is 0.409. The minimum atomic E-state index is -0.765. The van der Waals surface area contributed by atoms with Gasteiger partial charge in [-0.1, -0.05) is 6.42 Å². The molecule has 4 N–H and O–H groups in total. The SMILES string of the molecule is CC(CO)(CO)NCCCCCC(=O)O. The Bertz CT molecular complexity index is 180. The summed E-state index contributed by atoms with van der Waals surface area (Å²) in [6.45, 7) is 2.19. The molecule has 5 heteroatoms. The molecule has 0 heterocycles. The number of rotatable bonds is 9. The Morgan fingerprint density at radius 3 is 2.27 bits per heavy atom. The molecule has 0 aromatic rings. The molecule has 0 spiro atoms. The van der Waals surface area contributed by atoms with Crippen LogP contribution in [0, 0.1) is 0 Å². The van der Waals surface area contributed by atoms with Crippen molar-refractivity contribution in [3.8, 4) is 0 Å². The molecule has 0 unspecified atom stereocenters. The molecule has 0 atom stereocenters. The van der Waals surface area contributed by atoms with Crippen LogP contribution in [0.1, 0.15) is 32.6 Å². The van der Waals surface area contributed by atoms with E-state index in [1.54, 1.807) is 6.92 Å². The largest absolute Gasteiger partial charge is 0.481 e. The third kappa shape index (κ3) is 7.30. The van der Waals surface area contributed by atoms with E-state index in [2.05, 4.69) is 5.32 Å². The van der Waals surface area contributed by atoms with Gasteiger partial charge in [-0.15, -0.1) is 0 Å².